The Labute approximate surface area is 210 Å². The fraction of sp³-hybridized carbons (Fsp3) is 0.269. The van der Waals surface area contributed by atoms with E-state index in [0.29, 0.717) is 21.3 Å². The number of hydrogen-bond donors (Lipinski definition) is 1. The van der Waals surface area contributed by atoms with Crippen LogP contribution in [0, 0.1) is 0 Å². The van der Waals surface area contributed by atoms with E-state index in [1.165, 1.54) is 21.9 Å². The number of nitrogens with one attached hydrogen (secondary N) is 1. The van der Waals surface area contributed by atoms with Crippen LogP contribution in [0.25, 0.3) is 0 Å². The quantitative estimate of drug-likeness (QED) is 0.422. The number of nitrogens with zero attached hydrogens (tertiary/aromatic N) is 1. The number of rotatable bonds is 7. The van der Waals surface area contributed by atoms with Gasteiger partial charge in [0.2, 0.25) is 10.0 Å². The topological polar surface area (TPSA) is 66.5 Å². The maximum atomic E-state index is 12.8. The van der Waals surface area contributed by atoms with Crippen molar-refractivity contribution < 1.29 is 13.2 Å². The van der Waals surface area contributed by atoms with Crippen molar-refractivity contribution in [2.45, 2.75) is 38.8 Å². The first-order chi connectivity index (χ1) is 16.1. The second kappa shape index (κ2) is 9.98. The van der Waals surface area contributed by atoms with Crippen LogP contribution in [0.3, 0.4) is 0 Å². The third-order valence-electron chi connectivity index (χ3n) is 6.05. The first kappa shape index (κ1) is 24.6. The maximum absolute atomic E-state index is 12.8. The van der Waals surface area contributed by atoms with Crippen molar-refractivity contribution in [3.63, 3.8) is 0 Å². The number of aryl methyl sites for hydroxylation is 2. The number of anilines is 1. The van der Waals surface area contributed by atoms with Crippen LogP contribution in [0.4, 0.5) is 5.69 Å². The molecule has 8 heteroatoms. The summed E-state index contributed by atoms with van der Waals surface area (Å²) in [5.74, 6) is -0.179. The Morgan fingerprint density at radius 2 is 1.62 bits per heavy atom. The summed E-state index contributed by atoms with van der Waals surface area (Å²) < 4.78 is 26.1. The van der Waals surface area contributed by atoms with Gasteiger partial charge in [-0.2, -0.15) is 0 Å². The molecule has 0 saturated carbocycles. The van der Waals surface area contributed by atoms with Crippen LogP contribution in [0.1, 0.15) is 52.0 Å². The van der Waals surface area contributed by atoms with E-state index in [-0.39, 0.29) is 18.5 Å². The van der Waals surface area contributed by atoms with E-state index in [9.17, 15) is 13.2 Å². The number of amides is 1. The summed E-state index contributed by atoms with van der Waals surface area (Å²) in [6.07, 6.45) is 4.54. The largest absolute Gasteiger partial charge is 0.346 e. The highest BCUT2D eigenvalue weighted by molar-refractivity contribution is 7.92. The molecule has 0 saturated heterocycles. The van der Waals surface area contributed by atoms with Crippen molar-refractivity contribution in [1.29, 1.82) is 0 Å². The predicted octanol–water partition coefficient (Wildman–Crippen LogP) is 5.94. The first-order valence-electron chi connectivity index (χ1n) is 11.1. The highest BCUT2D eigenvalue weighted by atomic mass is 35.5. The molecule has 0 aliphatic heterocycles. The summed E-state index contributed by atoms with van der Waals surface area (Å²) in [7, 11) is -3.59. The van der Waals surface area contributed by atoms with E-state index >= 15 is 0 Å². The van der Waals surface area contributed by atoms with Crippen LogP contribution in [0.15, 0.2) is 60.7 Å². The fourth-order valence-corrected chi connectivity index (χ4v) is 5.62. The summed E-state index contributed by atoms with van der Waals surface area (Å²) in [5, 5.41) is 3.75. The predicted molar refractivity (Wildman–Crippen MR) is 138 cm³/mol. The molecule has 4 rings (SSSR count). The Morgan fingerprint density at radius 3 is 2.26 bits per heavy atom. The van der Waals surface area contributed by atoms with Gasteiger partial charge in [-0.3, -0.25) is 9.10 Å². The van der Waals surface area contributed by atoms with Crippen LogP contribution < -0.4 is 9.62 Å². The highest BCUT2D eigenvalue weighted by Gasteiger charge is 2.20. The van der Waals surface area contributed by atoms with Crippen LogP contribution in [0.5, 0.6) is 0 Å². The summed E-state index contributed by atoms with van der Waals surface area (Å²) in [4.78, 5) is 12.8. The van der Waals surface area contributed by atoms with Crippen molar-refractivity contribution in [1.82, 2.24) is 5.32 Å². The van der Waals surface area contributed by atoms with Crippen LogP contribution in [-0.4, -0.2) is 20.6 Å². The molecule has 1 atom stereocenters. The Morgan fingerprint density at radius 1 is 0.971 bits per heavy atom. The molecule has 34 heavy (non-hydrogen) atoms. The molecular weight excluding hydrogens is 491 g/mol. The van der Waals surface area contributed by atoms with Crippen molar-refractivity contribution >= 4 is 44.8 Å². The Bertz CT molecular complexity index is 1300. The van der Waals surface area contributed by atoms with Gasteiger partial charge >= 0.3 is 0 Å². The minimum Gasteiger partial charge on any atom is -0.346 e. The second-order valence-corrected chi connectivity index (χ2v) is 11.5. The van der Waals surface area contributed by atoms with Gasteiger partial charge in [0.05, 0.1) is 24.5 Å². The molecule has 5 nitrogen and oxygen atoms in total. The number of fused-ring (bicyclic) bond motifs is 1. The molecule has 1 amide bonds. The third-order valence-corrected chi connectivity index (χ3v) is 7.63. The highest BCUT2D eigenvalue weighted by Crippen LogP contribution is 2.29. The lowest BCUT2D eigenvalue weighted by atomic mass is 10.0. The zero-order valence-corrected chi connectivity index (χ0v) is 21.3. The minimum absolute atomic E-state index is 0.0862. The fourth-order valence-electron chi connectivity index (χ4n) is 4.24. The average Bonchev–Trinajstić information content (AvgIpc) is 3.24. The molecule has 1 N–H and O–H groups in total. The summed E-state index contributed by atoms with van der Waals surface area (Å²) in [6, 6.07) is 17.9. The molecule has 178 valence electrons. The monoisotopic (exact) mass is 516 g/mol. The van der Waals surface area contributed by atoms with E-state index in [4.69, 9.17) is 23.2 Å². The Hall–Kier alpha value is -2.54. The van der Waals surface area contributed by atoms with Gasteiger partial charge in [0.15, 0.2) is 0 Å². The van der Waals surface area contributed by atoms with E-state index < -0.39 is 10.0 Å². The van der Waals surface area contributed by atoms with Crippen molar-refractivity contribution in [3.05, 3.63) is 98.5 Å². The number of sulfonamides is 1. The Balaban J connectivity index is 1.46. The molecule has 0 bridgehead atoms. The molecule has 0 aromatic heterocycles. The zero-order chi connectivity index (χ0) is 24.5. The van der Waals surface area contributed by atoms with Gasteiger partial charge in [-0.25, -0.2) is 8.42 Å². The van der Waals surface area contributed by atoms with Gasteiger partial charge in [-0.1, -0.05) is 53.5 Å². The van der Waals surface area contributed by atoms with E-state index in [2.05, 4.69) is 23.5 Å². The number of carbonyl (C=O) groups is 1. The number of carbonyl (C=O) groups excluding carboxylic acids is 1. The lowest BCUT2D eigenvalue weighted by molar-refractivity contribution is 0.0940. The van der Waals surface area contributed by atoms with Crippen molar-refractivity contribution in [2.24, 2.45) is 0 Å². The number of hydrogen-bond acceptors (Lipinski definition) is 3. The van der Waals surface area contributed by atoms with Crippen LogP contribution in [0.2, 0.25) is 10.0 Å². The standard InChI is InChI=1S/C26H26Cl2N2O3S/c1-17(21-11-10-19-4-3-5-22(19)12-21)29-26(31)20-8-6-18(7-9-20)16-30(34(2,32)33)25-14-23(27)13-24(28)15-25/h6-15,17H,3-5,16H2,1-2H3,(H,29,31)/t17-/m1/s1. The second-order valence-electron chi connectivity index (χ2n) is 8.67. The number of benzene rings is 3. The summed E-state index contributed by atoms with van der Waals surface area (Å²) in [5.41, 5.74) is 5.48. The molecule has 0 heterocycles. The average molecular weight is 517 g/mol. The van der Waals surface area contributed by atoms with Crippen molar-refractivity contribution in [2.75, 3.05) is 10.6 Å². The van der Waals surface area contributed by atoms with Gasteiger partial charge in [0, 0.05) is 15.6 Å². The lowest BCUT2D eigenvalue weighted by Crippen LogP contribution is -2.29. The molecule has 1 aliphatic rings. The molecule has 0 radical (unpaired) electrons. The van der Waals surface area contributed by atoms with Gasteiger partial charge in [-0.15, -0.1) is 0 Å². The van der Waals surface area contributed by atoms with Crippen molar-refractivity contribution in [3.8, 4) is 0 Å². The van der Waals surface area contributed by atoms with Gasteiger partial charge < -0.3 is 5.32 Å². The molecule has 3 aromatic carbocycles. The van der Waals surface area contributed by atoms with E-state index in [0.717, 1.165) is 30.2 Å². The SMILES string of the molecule is C[C@@H](NC(=O)c1ccc(CN(c2cc(Cl)cc(Cl)c2)S(C)(=O)=O)cc1)c1ccc2c(c1)CCC2. The first-order valence-corrected chi connectivity index (χ1v) is 13.7. The smallest absolute Gasteiger partial charge is 0.251 e. The molecule has 0 fully saturated rings. The summed E-state index contributed by atoms with van der Waals surface area (Å²) in [6.45, 7) is 2.06. The third kappa shape index (κ3) is 5.74. The van der Waals surface area contributed by atoms with E-state index in [1.807, 2.05) is 6.92 Å². The molecular formula is C26H26Cl2N2O3S. The maximum Gasteiger partial charge on any atom is 0.251 e. The minimum atomic E-state index is -3.59. The molecule has 0 spiro atoms. The molecule has 0 unspecified atom stereocenters. The number of halogens is 2. The van der Waals surface area contributed by atoms with Gasteiger partial charge in [-0.05, 0) is 78.8 Å². The van der Waals surface area contributed by atoms with Crippen LogP contribution >= 0.6 is 23.2 Å². The molecule has 1 aliphatic carbocycles. The molecule has 3 aromatic rings. The lowest BCUT2D eigenvalue weighted by Gasteiger charge is -2.23. The Kier molecular flexibility index (Phi) is 7.22. The van der Waals surface area contributed by atoms with Gasteiger partial charge in [0.1, 0.15) is 0 Å². The summed E-state index contributed by atoms with van der Waals surface area (Å²) >= 11 is 12.1. The van der Waals surface area contributed by atoms with E-state index in [1.54, 1.807) is 42.5 Å². The zero-order valence-electron chi connectivity index (χ0n) is 19.0. The normalized spacial score (nSPS) is 13.9. The van der Waals surface area contributed by atoms with Crippen LogP contribution in [-0.2, 0) is 29.4 Å². The van der Waals surface area contributed by atoms with Gasteiger partial charge in [0.25, 0.3) is 5.91 Å².